The van der Waals surface area contributed by atoms with Crippen molar-refractivity contribution in [3.63, 3.8) is 0 Å². The zero-order valence-electron chi connectivity index (χ0n) is 11.0. The van der Waals surface area contributed by atoms with Gasteiger partial charge >= 0.3 is 0 Å². The highest BCUT2D eigenvalue weighted by Crippen LogP contribution is 2.28. The molecule has 5 heteroatoms. The number of hydrogen-bond acceptors (Lipinski definition) is 4. The van der Waals surface area contributed by atoms with Gasteiger partial charge in [-0.05, 0) is 19.9 Å². The van der Waals surface area contributed by atoms with Crippen LogP contribution in [0.1, 0.15) is 25.5 Å². The van der Waals surface area contributed by atoms with Gasteiger partial charge in [0.15, 0.2) is 6.61 Å². The maximum Gasteiger partial charge on any atom is 0.257 e. The third-order valence-corrected chi connectivity index (χ3v) is 2.44. The van der Waals surface area contributed by atoms with Crippen molar-refractivity contribution < 1.29 is 14.3 Å². The third-order valence-electron chi connectivity index (χ3n) is 2.44. The van der Waals surface area contributed by atoms with Crippen molar-refractivity contribution in [2.45, 2.75) is 19.9 Å². The van der Waals surface area contributed by atoms with E-state index in [1.807, 2.05) is 26.0 Å². The molecule has 5 nitrogen and oxygen atoms in total. The number of hydrogen-bond donors (Lipinski definition) is 2. The second kappa shape index (κ2) is 6.86. The van der Waals surface area contributed by atoms with E-state index >= 15 is 0 Å². The van der Waals surface area contributed by atoms with Crippen LogP contribution in [0.2, 0.25) is 0 Å². The number of nitrogens with one attached hydrogen (secondary N) is 1. The first-order valence-corrected chi connectivity index (χ1v) is 5.91. The lowest BCUT2D eigenvalue weighted by Gasteiger charge is -2.15. The molecule has 1 aromatic rings. The number of benzene rings is 1. The fourth-order valence-corrected chi connectivity index (χ4v) is 1.53. The summed E-state index contributed by atoms with van der Waals surface area (Å²) in [5, 5.41) is 2.67. The first kappa shape index (κ1) is 14.3. The normalized spacial score (nSPS) is 11.8. The van der Waals surface area contributed by atoms with Crippen LogP contribution in [0.25, 0.3) is 0 Å². The highest BCUT2D eigenvalue weighted by molar-refractivity contribution is 5.77. The Hall–Kier alpha value is -1.75. The van der Waals surface area contributed by atoms with E-state index in [1.165, 1.54) is 0 Å². The summed E-state index contributed by atoms with van der Waals surface area (Å²) < 4.78 is 10.6. The van der Waals surface area contributed by atoms with Crippen LogP contribution in [0.4, 0.5) is 0 Å². The molecular weight excluding hydrogens is 232 g/mol. The van der Waals surface area contributed by atoms with Crippen LogP contribution in [0.5, 0.6) is 11.5 Å². The Morgan fingerprint density at radius 2 is 2.22 bits per heavy atom. The van der Waals surface area contributed by atoms with E-state index in [-0.39, 0.29) is 18.6 Å². The Bertz CT molecular complexity index is 405. The van der Waals surface area contributed by atoms with Gasteiger partial charge in [-0.3, -0.25) is 4.79 Å². The average Bonchev–Trinajstić information content (AvgIpc) is 2.36. The van der Waals surface area contributed by atoms with Crippen LogP contribution < -0.4 is 20.5 Å². The zero-order chi connectivity index (χ0) is 13.5. The molecule has 0 spiro atoms. The Balaban J connectivity index is 2.80. The molecule has 0 unspecified atom stereocenters. The first-order chi connectivity index (χ1) is 8.58. The van der Waals surface area contributed by atoms with E-state index < -0.39 is 0 Å². The SMILES string of the molecule is CCNC(=O)COc1cc(OC)ccc1[C@@H](C)N. The molecular formula is C13H20N2O3. The van der Waals surface area contributed by atoms with E-state index in [0.29, 0.717) is 18.0 Å². The minimum Gasteiger partial charge on any atom is -0.497 e. The number of carbonyl (C=O) groups is 1. The number of likely N-dealkylation sites (N-methyl/N-ethyl adjacent to an activating group) is 1. The first-order valence-electron chi connectivity index (χ1n) is 5.91. The van der Waals surface area contributed by atoms with E-state index in [0.717, 1.165) is 5.56 Å². The van der Waals surface area contributed by atoms with Crippen LogP contribution >= 0.6 is 0 Å². The lowest BCUT2D eigenvalue weighted by Crippen LogP contribution is -2.28. The summed E-state index contributed by atoms with van der Waals surface area (Å²) in [6.45, 7) is 4.28. The molecule has 100 valence electrons. The predicted octanol–water partition coefficient (Wildman–Crippen LogP) is 1.23. The number of carbonyl (C=O) groups excluding carboxylic acids is 1. The second-order valence-electron chi connectivity index (χ2n) is 3.93. The molecule has 0 fully saturated rings. The van der Waals surface area contributed by atoms with Gasteiger partial charge < -0.3 is 20.5 Å². The summed E-state index contributed by atoms with van der Waals surface area (Å²) in [7, 11) is 1.58. The molecule has 1 rings (SSSR count). The zero-order valence-corrected chi connectivity index (χ0v) is 11.0. The summed E-state index contributed by atoms with van der Waals surface area (Å²) >= 11 is 0. The Morgan fingerprint density at radius 3 is 2.78 bits per heavy atom. The van der Waals surface area contributed by atoms with E-state index in [1.54, 1.807) is 13.2 Å². The fourth-order valence-electron chi connectivity index (χ4n) is 1.53. The smallest absolute Gasteiger partial charge is 0.257 e. The van der Waals surface area contributed by atoms with Gasteiger partial charge in [-0.15, -0.1) is 0 Å². The highest BCUT2D eigenvalue weighted by atomic mass is 16.5. The molecule has 0 radical (unpaired) electrons. The average molecular weight is 252 g/mol. The van der Waals surface area contributed by atoms with E-state index in [4.69, 9.17) is 15.2 Å². The van der Waals surface area contributed by atoms with E-state index in [9.17, 15) is 4.79 Å². The molecule has 0 saturated heterocycles. The monoisotopic (exact) mass is 252 g/mol. The molecule has 0 aliphatic rings. The Kier molecular flexibility index (Phi) is 5.45. The lowest BCUT2D eigenvalue weighted by molar-refractivity contribution is -0.123. The van der Waals surface area contributed by atoms with Crippen molar-refractivity contribution in [3.05, 3.63) is 23.8 Å². The van der Waals surface area contributed by atoms with Crippen molar-refractivity contribution in [2.75, 3.05) is 20.3 Å². The summed E-state index contributed by atoms with van der Waals surface area (Å²) in [6, 6.07) is 5.23. The van der Waals surface area contributed by atoms with Gasteiger partial charge in [-0.2, -0.15) is 0 Å². The van der Waals surface area contributed by atoms with Crippen molar-refractivity contribution in [1.82, 2.24) is 5.32 Å². The van der Waals surface area contributed by atoms with Crippen molar-refractivity contribution in [3.8, 4) is 11.5 Å². The summed E-state index contributed by atoms with van der Waals surface area (Å²) in [4.78, 5) is 11.4. The molecule has 0 saturated carbocycles. The van der Waals surface area contributed by atoms with Gasteiger partial charge in [0.2, 0.25) is 0 Å². The van der Waals surface area contributed by atoms with Gasteiger partial charge in [-0.25, -0.2) is 0 Å². The van der Waals surface area contributed by atoms with Gasteiger partial charge in [0, 0.05) is 24.2 Å². The second-order valence-corrected chi connectivity index (χ2v) is 3.93. The molecule has 0 aliphatic carbocycles. The number of nitrogens with two attached hydrogens (primary N) is 1. The van der Waals surface area contributed by atoms with Gasteiger partial charge in [0.05, 0.1) is 7.11 Å². The maximum absolute atomic E-state index is 11.4. The van der Waals surface area contributed by atoms with Crippen LogP contribution in [-0.4, -0.2) is 26.2 Å². The topological polar surface area (TPSA) is 73.6 Å². The number of methoxy groups -OCH3 is 1. The molecule has 3 N–H and O–H groups in total. The largest absolute Gasteiger partial charge is 0.497 e. The standard InChI is InChI=1S/C13H20N2O3/c1-4-15-13(16)8-18-12-7-10(17-3)5-6-11(12)9(2)14/h5-7,9H,4,8,14H2,1-3H3,(H,15,16)/t9-/m1/s1. The van der Waals surface area contributed by atoms with Crippen molar-refractivity contribution in [1.29, 1.82) is 0 Å². The maximum atomic E-state index is 11.4. The summed E-state index contributed by atoms with van der Waals surface area (Å²) in [6.07, 6.45) is 0. The number of amides is 1. The molecule has 0 bridgehead atoms. The third kappa shape index (κ3) is 3.92. The minimum atomic E-state index is -0.167. The van der Waals surface area contributed by atoms with Gasteiger partial charge in [0.25, 0.3) is 5.91 Å². The molecule has 18 heavy (non-hydrogen) atoms. The molecule has 1 atom stereocenters. The molecule has 1 amide bonds. The molecule has 0 aliphatic heterocycles. The number of rotatable bonds is 6. The predicted molar refractivity (Wildman–Crippen MR) is 69.8 cm³/mol. The fraction of sp³-hybridized carbons (Fsp3) is 0.462. The lowest BCUT2D eigenvalue weighted by atomic mass is 10.1. The van der Waals surface area contributed by atoms with Crippen LogP contribution in [-0.2, 0) is 4.79 Å². The molecule has 0 aromatic heterocycles. The minimum absolute atomic E-state index is 0.0271. The van der Waals surface area contributed by atoms with Crippen LogP contribution in [0.3, 0.4) is 0 Å². The quantitative estimate of drug-likeness (QED) is 0.798. The van der Waals surface area contributed by atoms with Crippen molar-refractivity contribution >= 4 is 5.91 Å². The summed E-state index contributed by atoms with van der Waals surface area (Å²) in [5.41, 5.74) is 6.70. The van der Waals surface area contributed by atoms with Gasteiger partial charge in [-0.1, -0.05) is 6.07 Å². The highest BCUT2D eigenvalue weighted by Gasteiger charge is 2.11. The Labute approximate surface area is 107 Å². The van der Waals surface area contributed by atoms with Gasteiger partial charge in [0.1, 0.15) is 11.5 Å². The summed E-state index contributed by atoms with van der Waals surface area (Å²) in [5.74, 6) is 1.09. The van der Waals surface area contributed by atoms with Crippen LogP contribution in [0, 0.1) is 0 Å². The molecule has 0 heterocycles. The van der Waals surface area contributed by atoms with E-state index in [2.05, 4.69) is 5.32 Å². The van der Waals surface area contributed by atoms with Crippen LogP contribution in [0.15, 0.2) is 18.2 Å². The Morgan fingerprint density at radius 1 is 1.50 bits per heavy atom. The number of ether oxygens (including phenoxy) is 2. The molecule has 1 aromatic carbocycles. The van der Waals surface area contributed by atoms with Crippen molar-refractivity contribution in [2.24, 2.45) is 5.73 Å².